The zero-order valence-corrected chi connectivity index (χ0v) is 16.5. The highest BCUT2D eigenvalue weighted by atomic mass is 32.2. The molecule has 2 aromatic heterocycles. The third-order valence-electron chi connectivity index (χ3n) is 4.46. The second-order valence-corrected chi connectivity index (χ2v) is 8.83. The zero-order chi connectivity index (χ0) is 20.1. The highest BCUT2D eigenvalue weighted by molar-refractivity contribution is 7.91. The third-order valence-corrected chi connectivity index (χ3v) is 6.53. The minimum absolute atomic E-state index is 0.128. The number of nitrogens with one attached hydrogen (secondary N) is 1. The van der Waals surface area contributed by atoms with Gasteiger partial charge < -0.3 is 9.73 Å². The summed E-state index contributed by atoms with van der Waals surface area (Å²) in [4.78, 5) is 16.5. The number of pyridine rings is 1. The van der Waals surface area contributed by atoms with Crippen molar-refractivity contribution in [1.29, 1.82) is 0 Å². The van der Waals surface area contributed by atoms with Crippen LogP contribution in [0.1, 0.15) is 46.8 Å². The number of carbonyl (C=O) groups is 1. The van der Waals surface area contributed by atoms with E-state index in [2.05, 4.69) is 10.3 Å². The van der Waals surface area contributed by atoms with Gasteiger partial charge in [-0.25, -0.2) is 8.42 Å². The third kappa shape index (κ3) is 4.31. The van der Waals surface area contributed by atoms with Gasteiger partial charge in [-0.2, -0.15) is 0 Å². The molecule has 0 aliphatic heterocycles. The lowest BCUT2D eigenvalue weighted by Gasteiger charge is -2.17. The monoisotopic (exact) mass is 398 g/mol. The van der Waals surface area contributed by atoms with Crippen molar-refractivity contribution in [1.82, 2.24) is 10.3 Å². The van der Waals surface area contributed by atoms with Gasteiger partial charge in [0, 0.05) is 12.7 Å². The molecule has 0 spiro atoms. The standard InChI is InChI=1S/C21H22N2O4S/c1-15(2)16-8-10-17(11-9-16)28(25,26)20(19-7-5-13-27-19)14-23-21(24)18-6-3-4-12-22-18/h3-13,15,20H,14H2,1-2H3,(H,23,24)/t20-/m1/s1. The summed E-state index contributed by atoms with van der Waals surface area (Å²) in [7, 11) is -3.77. The van der Waals surface area contributed by atoms with Crippen molar-refractivity contribution in [3.05, 3.63) is 84.1 Å². The average Bonchev–Trinajstić information content (AvgIpc) is 3.23. The maximum absolute atomic E-state index is 13.2. The molecular formula is C21H22N2O4S. The van der Waals surface area contributed by atoms with Crippen LogP contribution in [0.25, 0.3) is 0 Å². The van der Waals surface area contributed by atoms with Gasteiger partial charge >= 0.3 is 0 Å². The number of hydrogen-bond acceptors (Lipinski definition) is 5. The molecule has 7 heteroatoms. The van der Waals surface area contributed by atoms with Crippen LogP contribution in [0, 0.1) is 0 Å². The van der Waals surface area contributed by atoms with Crippen molar-refractivity contribution in [3.63, 3.8) is 0 Å². The summed E-state index contributed by atoms with van der Waals surface area (Å²) in [5.74, 6) is 0.132. The second kappa shape index (κ2) is 8.39. The molecule has 1 aromatic carbocycles. The van der Waals surface area contributed by atoms with Gasteiger partial charge in [0.1, 0.15) is 16.7 Å². The molecular weight excluding hydrogens is 376 g/mol. The average molecular weight is 398 g/mol. The van der Waals surface area contributed by atoms with E-state index in [1.54, 1.807) is 42.5 Å². The fourth-order valence-corrected chi connectivity index (χ4v) is 4.40. The molecule has 3 rings (SSSR count). The first kappa shape index (κ1) is 19.8. The van der Waals surface area contributed by atoms with Crippen LogP contribution in [0.2, 0.25) is 0 Å². The Balaban J connectivity index is 1.86. The molecule has 0 aliphatic carbocycles. The molecule has 1 N–H and O–H groups in total. The lowest BCUT2D eigenvalue weighted by atomic mass is 10.0. The van der Waals surface area contributed by atoms with Crippen molar-refractivity contribution in [3.8, 4) is 0 Å². The molecule has 0 unspecified atom stereocenters. The van der Waals surface area contributed by atoms with E-state index >= 15 is 0 Å². The van der Waals surface area contributed by atoms with Crippen LogP contribution in [0.5, 0.6) is 0 Å². The minimum atomic E-state index is -3.77. The van der Waals surface area contributed by atoms with Gasteiger partial charge in [-0.05, 0) is 47.9 Å². The molecule has 146 valence electrons. The van der Waals surface area contributed by atoms with Crippen LogP contribution >= 0.6 is 0 Å². The molecule has 1 amide bonds. The molecule has 0 bridgehead atoms. The maximum Gasteiger partial charge on any atom is 0.269 e. The summed E-state index contributed by atoms with van der Waals surface area (Å²) < 4.78 is 31.8. The Kier molecular flexibility index (Phi) is 5.94. The maximum atomic E-state index is 13.2. The summed E-state index contributed by atoms with van der Waals surface area (Å²) in [6.07, 6.45) is 2.92. The Morgan fingerprint density at radius 1 is 1.07 bits per heavy atom. The number of amides is 1. The van der Waals surface area contributed by atoms with E-state index in [1.165, 1.54) is 12.5 Å². The first-order valence-corrected chi connectivity index (χ1v) is 10.5. The summed E-state index contributed by atoms with van der Waals surface area (Å²) in [5.41, 5.74) is 1.27. The predicted molar refractivity (Wildman–Crippen MR) is 106 cm³/mol. The van der Waals surface area contributed by atoms with Gasteiger partial charge in [0.2, 0.25) is 0 Å². The molecule has 6 nitrogen and oxygen atoms in total. The molecule has 28 heavy (non-hydrogen) atoms. The molecule has 0 saturated heterocycles. The van der Waals surface area contributed by atoms with E-state index in [1.807, 2.05) is 26.0 Å². The van der Waals surface area contributed by atoms with E-state index in [9.17, 15) is 13.2 Å². The van der Waals surface area contributed by atoms with Gasteiger partial charge in [-0.3, -0.25) is 9.78 Å². The Labute approximate surface area is 164 Å². The number of benzene rings is 1. The smallest absolute Gasteiger partial charge is 0.269 e. The SMILES string of the molecule is CC(C)c1ccc(S(=O)(=O)[C@H](CNC(=O)c2ccccn2)c2ccco2)cc1. The number of sulfone groups is 1. The number of rotatable bonds is 7. The summed E-state index contributed by atoms with van der Waals surface area (Å²) in [6.45, 7) is 3.96. The first-order chi connectivity index (χ1) is 13.4. The van der Waals surface area contributed by atoms with Crippen LogP contribution in [0.4, 0.5) is 0 Å². The fourth-order valence-electron chi connectivity index (χ4n) is 2.82. The van der Waals surface area contributed by atoms with Gasteiger partial charge in [0.05, 0.1) is 11.2 Å². The van der Waals surface area contributed by atoms with Gasteiger partial charge in [-0.1, -0.05) is 32.0 Å². The van der Waals surface area contributed by atoms with Gasteiger partial charge in [0.25, 0.3) is 5.91 Å². The van der Waals surface area contributed by atoms with E-state index in [0.29, 0.717) is 5.92 Å². The number of carbonyl (C=O) groups excluding carboxylic acids is 1. The number of aromatic nitrogens is 1. The molecule has 0 aliphatic rings. The quantitative estimate of drug-likeness (QED) is 0.655. The Morgan fingerprint density at radius 2 is 1.82 bits per heavy atom. The number of furan rings is 1. The van der Waals surface area contributed by atoms with Crippen LogP contribution in [0.15, 0.2) is 76.4 Å². The van der Waals surface area contributed by atoms with Crippen LogP contribution < -0.4 is 5.32 Å². The molecule has 0 fully saturated rings. The number of nitrogens with zero attached hydrogens (tertiary/aromatic N) is 1. The van der Waals surface area contributed by atoms with E-state index in [0.717, 1.165) is 5.56 Å². The predicted octanol–water partition coefficient (Wildman–Crippen LogP) is 3.74. The van der Waals surface area contributed by atoms with Crippen LogP contribution in [-0.4, -0.2) is 25.9 Å². The second-order valence-electron chi connectivity index (χ2n) is 6.70. The van der Waals surface area contributed by atoms with Crippen molar-refractivity contribution >= 4 is 15.7 Å². The number of hydrogen-bond donors (Lipinski definition) is 1. The molecule has 1 atom stereocenters. The van der Waals surface area contributed by atoms with Gasteiger partial charge in [-0.15, -0.1) is 0 Å². The van der Waals surface area contributed by atoms with E-state index < -0.39 is 21.0 Å². The lowest BCUT2D eigenvalue weighted by molar-refractivity contribution is 0.0948. The van der Waals surface area contributed by atoms with Crippen molar-refractivity contribution in [2.75, 3.05) is 6.54 Å². The Morgan fingerprint density at radius 3 is 2.39 bits per heavy atom. The highest BCUT2D eigenvalue weighted by Gasteiger charge is 2.32. The normalized spacial score (nSPS) is 12.7. The van der Waals surface area contributed by atoms with E-state index in [-0.39, 0.29) is 22.9 Å². The largest absolute Gasteiger partial charge is 0.468 e. The molecule has 2 heterocycles. The van der Waals surface area contributed by atoms with Crippen LogP contribution in [-0.2, 0) is 9.84 Å². The summed E-state index contributed by atoms with van der Waals surface area (Å²) >= 11 is 0. The highest BCUT2D eigenvalue weighted by Crippen LogP contribution is 2.30. The zero-order valence-electron chi connectivity index (χ0n) is 15.7. The Hall–Kier alpha value is -2.93. The summed E-state index contributed by atoms with van der Waals surface area (Å²) in [5, 5.41) is 1.61. The van der Waals surface area contributed by atoms with Gasteiger partial charge in [0.15, 0.2) is 9.84 Å². The van der Waals surface area contributed by atoms with Crippen LogP contribution in [0.3, 0.4) is 0 Å². The van der Waals surface area contributed by atoms with E-state index in [4.69, 9.17) is 4.42 Å². The van der Waals surface area contributed by atoms with Crippen molar-refractivity contribution in [2.24, 2.45) is 0 Å². The topological polar surface area (TPSA) is 89.3 Å². The molecule has 0 radical (unpaired) electrons. The minimum Gasteiger partial charge on any atom is -0.468 e. The molecule has 3 aromatic rings. The summed E-state index contributed by atoms with van der Waals surface area (Å²) in [6, 6.07) is 15.0. The lowest BCUT2D eigenvalue weighted by Crippen LogP contribution is -2.32. The first-order valence-electron chi connectivity index (χ1n) is 8.96. The molecule has 0 saturated carbocycles. The fraction of sp³-hybridized carbons (Fsp3) is 0.238. The van der Waals surface area contributed by atoms with Crippen molar-refractivity contribution < 1.29 is 17.6 Å². The van der Waals surface area contributed by atoms with Crippen molar-refractivity contribution in [2.45, 2.75) is 29.9 Å². The Bertz CT molecular complexity index is 1010.